The molecule has 1 aromatic carbocycles. The van der Waals surface area contributed by atoms with Crippen LogP contribution in [0.25, 0.3) is 0 Å². The van der Waals surface area contributed by atoms with E-state index in [9.17, 15) is 29.1 Å². The first-order valence-electron chi connectivity index (χ1n) is 11.0. The summed E-state index contributed by atoms with van der Waals surface area (Å²) >= 11 is 0.965. The molecular weight excluding hydrogens is 480 g/mol. The molecule has 2 aliphatic heterocycles. The Morgan fingerprint density at radius 2 is 1.91 bits per heavy atom. The fraction of sp³-hybridized carbons (Fsp3) is 0.522. The third kappa shape index (κ3) is 6.95. The molecule has 0 spiro atoms. The Morgan fingerprint density at radius 1 is 1.23 bits per heavy atom. The van der Waals surface area contributed by atoms with Crippen LogP contribution in [0.15, 0.2) is 30.3 Å². The summed E-state index contributed by atoms with van der Waals surface area (Å²) in [7, 11) is 0. The van der Waals surface area contributed by atoms with Crippen LogP contribution in [0, 0.1) is 5.92 Å². The van der Waals surface area contributed by atoms with Crippen LogP contribution in [0.2, 0.25) is 0 Å². The molecule has 190 valence electrons. The number of likely N-dealkylation sites (tertiary alicyclic amines) is 1. The molecule has 0 aromatic heterocycles. The van der Waals surface area contributed by atoms with E-state index in [-0.39, 0.29) is 31.2 Å². The number of Topliss-reactive ketones (excluding diaryl/α,β-unsaturated/α-hetero) is 1. The van der Waals surface area contributed by atoms with Gasteiger partial charge in [-0.25, -0.2) is 4.79 Å². The van der Waals surface area contributed by atoms with Gasteiger partial charge < -0.3 is 24.6 Å². The van der Waals surface area contributed by atoms with E-state index in [0.29, 0.717) is 5.75 Å². The van der Waals surface area contributed by atoms with Crippen molar-refractivity contribution in [2.75, 3.05) is 19.0 Å². The van der Waals surface area contributed by atoms with Gasteiger partial charge in [0.1, 0.15) is 35.2 Å². The normalized spacial score (nSPS) is 22.6. The van der Waals surface area contributed by atoms with Gasteiger partial charge in [0, 0.05) is 0 Å². The molecule has 0 radical (unpaired) electrons. The Kier molecular flexibility index (Phi) is 8.39. The summed E-state index contributed by atoms with van der Waals surface area (Å²) in [6.07, 6.45) is -1.94. The summed E-state index contributed by atoms with van der Waals surface area (Å²) in [4.78, 5) is 62.2. The summed E-state index contributed by atoms with van der Waals surface area (Å²) in [5.74, 6) is -3.32. The van der Waals surface area contributed by atoms with Crippen LogP contribution < -0.4 is 10.1 Å². The van der Waals surface area contributed by atoms with Gasteiger partial charge in [0.15, 0.2) is 6.61 Å². The Morgan fingerprint density at radius 3 is 2.51 bits per heavy atom. The average Bonchev–Trinajstić information content (AvgIpc) is 3.24. The molecule has 11 nitrogen and oxygen atoms in total. The summed E-state index contributed by atoms with van der Waals surface area (Å²) in [6, 6.07) is 7.51. The van der Waals surface area contributed by atoms with Crippen molar-refractivity contribution in [3.63, 3.8) is 0 Å². The first-order valence-corrected chi connectivity index (χ1v) is 12.0. The number of benzene rings is 1. The van der Waals surface area contributed by atoms with Gasteiger partial charge in [0.05, 0.1) is 18.1 Å². The molecule has 1 aromatic rings. The van der Waals surface area contributed by atoms with E-state index >= 15 is 0 Å². The monoisotopic (exact) mass is 508 g/mol. The molecule has 3 rings (SSSR count). The van der Waals surface area contributed by atoms with Crippen LogP contribution in [0.1, 0.15) is 27.2 Å². The van der Waals surface area contributed by atoms with Gasteiger partial charge in [0.25, 0.3) is 11.8 Å². The molecule has 2 unspecified atom stereocenters. The lowest BCUT2D eigenvalue weighted by molar-refractivity contribution is -0.189. The Labute approximate surface area is 206 Å². The second kappa shape index (κ2) is 11.1. The molecular formula is C23H28N2O9S. The van der Waals surface area contributed by atoms with E-state index in [0.717, 1.165) is 16.7 Å². The maximum absolute atomic E-state index is 12.8. The summed E-state index contributed by atoms with van der Waals surface area (Å²) in [5, 5.41) is 12.1. The minimum Gasteiger partial charge on any atom is -0.484 e. The number of carbonyl (C=O) groups excluding carboxylic acids is 5. The summed E-state index contributed by atoms with van der Waals surface area (Å²) < 4.78 is 15.4. The predicted octanol–water partition coefficient (Wildman–Crippen LogP) is 0.244. The van der Waals surface area contributed by atoms with E-state index in [1.807, 2.05) is 0 Å². The van der Waals surface area contributed by atoms with Gasteiger partial charge in [-0.2, -0.15) is 0 Å². The summed E-state index contributed by atoms with van der Waals surface area (Å²) in [6.45, 7) is 4.47. The number of thioether (sulfide) groups is 1. The van der Waals surface area contributed by atoms with Gasteiger partial charge in [-0.05, 0) is 32.9 Å². The van der Waals surface area contributed by atoms with Crippen LogP contribution in [0.3, 0.4) is 0 Å². The van der Waals surface area contributed by atoms with E-state index in [4.69, 9.17) is 14.2 Å². The second-order valence-electron chi connectivity index (χ2n) is 9.05. The zero-order valence-electron chi connectivity index (χ0n) is 19.6. The maximum atomic E-state index is 12.8. The van der Waals surface area contributed by atoms with E-state index in [2.05, 4.69) is 5.32 Å². The van der Waals surface area contributed by atoms with Gasteiger partial charge in [-0.1, -0.05) is 18.2 Å². The maximum Gasteiger partial charge on any atom is 0.357 e. The lowest BCUT2D eigenvalue weighted by Crippen LogP contribution is -2.73. The number of nitrogens with one attached hydrogen (secondary N) is 1. The standard InChI is InChI=1S/C23H28N2O9S/c1-23(2,3)34-22(31)20(30)25-19(29)18(24-16(27)11-32-14-7-5-4-6-8-14)21(25)35-12-15(26)13-9-17(28)33-10-13/h4-8,13,18,20-21,30H,9-12H2,1-3H3,(H,24,27)/t13?,18-,20?,21-/m1/s1. The highest BCUT2D eigenvalue weighted by atomic mass is 32.2. The number of cyclic esters (lactones) is 1. The molecule has 35 heavy (non-hydrogen) atoms. The number of aliphatic hydroxyl groups excluding tert-OH is 1. The summed E-state index contributed by atoms with van der Waals surface area (Å²) in [5.41, 5.74) is -0.901. The lowest BCUT2D eigenvalue weighted by atomic mass is 10.1. The van der Waals surface area contributed by atoms with Crippen molar-refractivity contribution in [3.8, 4) is 5.75 Å². The molecule has 12 heteroatoms. The number of hydrogen-bond donors (Lipinski definition) is 2. The van der Waals surface area contributed by atoms with Crippen molar-refractivity contribution in [2.45, 2.75) is 50.4 Å². The number of aliphatic hydroxyl groups is 1. The van der Waals surface area contributed by atoms with Crippen molar-refractivity contribution in [1.82, 2.24) is 10.2 Å². The lowest BCUT2D eigenvalue weighted by Gasteiger charge is -2.48. The van der Waals surface area contributed by atoms with Crippen molar-refractivity contribution < 1.29 is 43.3 Å². The van der Waals surface area contributed by atoms with E-state index in [1.165, 1.54) is 0 Å². The Hall–Kier alpha value is -3.12. The molecule has 2 aliphatic rings. The molecule has 2 heterocycles. The average molecular weight is 509 g/mol. The van der Waals surface area contributed by atoms with Crippen LogP contribution in [0.4, 0.5) is 0 Å². The molecule has 2 N–H and O–H groups in total. The largest absolute Gasteiger partial charge is 0.484 e. The van der Waals surface area contributed by atoms with Gasteiger partial charge >= 0.3 is 11.9 Å². The number of ketones is 1. The van der Waals surface area contributed by atoms with Crippen molar-refractivity contribution in [2.24, 2.45) is 5.92 Å². The number of carbonyl (C=O) groups is 5. The number of esters is 2. The second-order valence-corrected chi connectivity index (χ2v) is 10.2. The molecule has 2 saturated heterocycles. The number of para-hydroxylation sites is 1. The Balaban J connectivity index is 1.65. The van der Waals surface area contributed by atoms with Gasteiger partial charge in [0.2, 0.25) is 6.23 Å². The predicted molar refractivity (Wildman–Crippen MR) is 123 cm³/mol. The number of nitrogens with zero attached hydrogens (tertiary/aromatic N) is 1. The topological polar surface area (TPSA) is 149 Å². The fourth-order valence-corrected chi connectivity index (χ4v) is 4.74. The first kappa shape index (κ1) is 26.5. The van der Waals surface area contributed by atoms with E-state index in [1.54, 1.807) is 51.1 Å². The SMILES string of the molecule is CC(C)(C)OC(=O)C(O)N1C(=O)[C@@H](NC(=O)COc2ccccc2)[C@H]1SCC(=O)C1COC(=O)C1. The fourth-order valence-electron chi connectivity index (χ4n) is 3.41. The zero-order valence-corrected chi connectivity index (χ0v) is 20.4. The van der Waals surface area contributed by atoms with Crippen LogP contribution in [-0.2, 0) is 33.4 Å². The third-order valence-electron chi connectivity index (χ3n) is 5.10. The highest BCUT2D eigenvalue weighted by molar-refractivity contribution is 8.00. The molecule has 0 saturated carbocycles. The first-order chi connectivity index (χ1) is 16.5. The third-order valence-corrected chi connectivity index (χ3v) is 6.39. The van der Waals surface area contributed by atoms with E-state index < -0.39 is 52.9 Å². The van der Waals surface area contributed by atoms with Crippen molar-refractivity contribution in [3.05, 3.63) is 30.3 Å². The zero-order chi connectivity index (χ0) is 25.8. The van der Waals surface area contributed by atoms with Crippen LogP contribution >= 0.6 is 11.8 Å². The smallest absolute Gasteiger partial charge is 0.357 e. The molecule has 0 aliphatic carbocycles. The number of amides is 2. The minimum absolute atomic E-state index is 0.0109. The highest BCUT2D eigenvalue weighted by Crippen LogP contribution is 2.33. The van der Waals surface area contributed by atoms with Gasteiger partial charge in [-0.15, -0.1) is 11.8 Å². The molecule has 2 fully saturated rings. The van der Waals surface area contributed by atoms with Crippen molar-refractivity contribution >= 4 is 41.3 Å². The minimum atomic E-state index is -1.92. The van der Waals surface area contributed by atoms with Crippen LogP contribution in [-0.4, -0.2) is 81.8 Å². The van der Waals surface area contributed by atoms with Gasteiger partial charge in [-0.3, -0.25) is 24.1 Å². The number of rotatable bonds is 10. The Bertz CT molecular complexity index is 979. The van der Waals surface area contributed by atoms with Crippen LogP contribution in [0.5, 0.6) is 5.75 Å². The quantitative estimate of drug-likeness (QED) is 0.333. The van der Waals surface area contributed by atoms with Crippen molar-refractivity contribution in [1.29, 1.82) is 0 Å². The molecule has 4 atom stereocenters. The number of hydrogen-bond acceptors (Lipinski definition) is 10. The number of ether oxygens (including phenoxy) is 3. The number of β-lactam (4-membered cyclic amide) rings is 1. The molecule has 0 bridgehead atoms. The molecule has 2 amide bonds. The highest BCUT2D eigenvalue weighted by Gasteiger charge is 2.54.